The maximum atomic E-state index is 13.5. The molecule has 3 aromatic rings. The molecule has 34 heavy (non-hydrogen) atoms. The topological polar surface area (TPSA) is 110 Å². The van der Waals surface area contributed by atoms with Gasteiger partial charge >= 0.3 is 0 Å². The van der Waals surface area contributed by atoms with Crippen molar-refractivity contribution in [3.63, 3.8) is 0 Å². The lowest BCUT2D eigenvalue weighted by molar-refractivity contribution is -0.119. The number of rotatable bonds is 5. The van der Waals surface area contributed by atoms with Crippen LogP contribution in [-0.4, -0.2) is 76.8 Å². The Morgan fingerprint density at radius 3 is 2.85 bits per heavy atom. The number of fused-ring (bicyclic) bond motifs is 2. The third-order valence-electron chi connectivity index (χ3n) is 6.37. The molecule has 9 nitrogen and oxygen atoms in total. The van der Waals surface area contributed by atoms with Crippen LogP contribution < -0.4 is 10.6 Å². The van der Waals surface area contributed by atoms with E-state index in [1.165, 1.54) is 23.5 Å². The van der Waals surface area contributed by atoms with Crippen molar-refractivity contribution in [1.82, 2.24) is 30.4 Å². The van der Waals surface area contributed by atoms with E-state index in [9.17, 15) is 18.8 Å². The molecule has 5 rings (SSSR count). The smallest absolute Gasteiger partial charge is 0.280 e. The summed E-state index contributed by atoms with van der Waals surface area (Å²) in [4.78, 5) is 49.7. The highest BCUT2D eigenvalue weighted by Gasteiger charge is 2.33. The largest absolute Gasteiger partial charge is 0.351 e. The number of amides is 3. The molecule has 178 valence electrons. The van der Waals surface area contributed by atoms with Crippen LogP contribution in [0.3, 0.4) is 0 Å². The van der Waals surface area contributed by atoms with Gasteiger partial charge in [-0.15, -0.1) is 11.3 Å². The summed E-state index contributed by atoms with van der Waals surface area (Å²) < 4.78 is 13.5. The number of likely N-dealkylation sites (tertiary alicyclic amines) is 1. The van der Waals surface area contributed by atoms with Crippen LogP contribution in [0.5, 0.6) is 0 Å². The summed E-state index contributed by atoms with van der Waals surface area (Å²) in [5.41, 5.74) is 1.93. The average Bonchev–Trinajstić information content (AvgIpc) is 3.43. The second-order valence-corrected chi connectivity index (χ2v) is 9.92. The number of benzene rings is 1. The van der Waals surface area contributed by atoms with Crippen LogP contribution in [0.1, 0.15) is 37.3 Å². The first-order valence-electron chi connectivity index (χ1n) is 11.2. The molecule has 0 radical (unpaired) electrons. The van der Waals surface area contributed by atoms with Gasteiger partial charge in [0.15, 0.2) is 5.01 Å². The van der Waals surface area contributed by atoms with Crippen LogP contribution in [0, 0.1) is 5.82 Å². The number of nitrogens with one attached hydrogen (secondary N) is 3. The highest BCUT2D eigenvalue weighted by Crippen LogP contribution is 2.25. The number of thiazole rings is 1. The summed E-state index contributed by atoms with van der Waals surface area (Å²) in [7, 11) is 2.04. The van der Waals surface area contributed by atoms with E-state index in [4.69, 9.17) is 0 Å². The number of halogens is 1. The monoisotopic (exact) mass is 484 g/mol. The number of likely N-dealkylation sites (N-methyl/N-ethyl adjacent to an activating group) is 1. The van der Waals surface area contributed by atoms with E-state index in [0.717, 1.165) is 36.5 Å². The molecule has 2 aliphatic rings. The number of piperidine rings is 1. The molecule has 0 spiro atoms. The number of aromatic amines is 1. The molecule has 3 N–H and O–H groups in total. The molecule has 2 aromatic heterocycles. The van der Waals surface area contributed by atoms with Crippen molar-refractivity contribution in [2.45, 2.75) is 31.5 Å². The van der Waals surface area contributed by atoms with Gasteiger partial charge in [0.2, 0.25) is 6.41 Å². The van der Waals surface area contributed by atoms with E-state index in [0.29, 0.717) is 34.6 Å². The predicted octanol–water partition coefficient (Wildman–Crippen LogP) is 1.51. The summed E-state index contributed by atoms with van der Waals surface area (Å²) in [5, 5.41) is 6.95. The van der Waals surface area contributed by atoms with E-state index in [-0.39, 0.29) is 30.2 Å². The minimum absolute atomic E-state index is 0.284. The van der Waals surface area contributed by atoms with E-state index < -0.39 is 6.04 Å². The van der Waals surface area contributed by atoms with Crippen molar-refractivity contribution in [2.75, 3.05) is 26.7 Å². The molecule has 11 heteroatoms. The highest BCUT2D eigenvalue weighted by molar-refractivity contribution is 7.13. The van der Waals surface area contributed by atoms with Gasteiger partial charge < -0.3 is 25.4 Å². The molecule has 1 saturated heterocycles. The molecular weight excluding hydrogens is 459 g/mol. The zero-order valence-electron chi connectivity index (χ0n) is 18.6. The quantitative estimate of drug-likeness (QED) is 0.476. The molecule has 0 bridgehead atoms. The third kappa shape index (κ3) is 4.53. The van der Waals surface area contributed by atoms with E-state index in [2.05, 4.69) is 25.5 Å². The van der Waals surface area contributed by atoms with Crippen LogP contribution in [0.2, 0.25) is 0 Å². The normalized spacial score (nSPS) is 20.7. The van der Waals surface area contributed by atoms with Crippen LogP contribution in [0.15, 0.2) is 24.3 Å². The number of aromatic nitrogens is 2. The van der Waals surface area contributed by atoms with Gasteiger partial charge in [0.25, 0.3) is 11.8 Å². The Morgan fingerprint density at radius 2 is 2.03 bits per heavy atom. The summed E-state index contributed by atoms with van der Waals surface area (Å²) >= 11 is 1.39. The van der Waals surface area contributed by atoms with Crippen LogP contribution in [-0.2, 0) is 17.8 Å². The molecule has 2 aliphatic heterocycles. The summed E-state index contributed by atoms with van der Waals surface area (Å²) in [5.74, 6) is -1.04. The molecule has 2 atom stereocenters. The van der Waals surface area contributed by atoms with E-state index >= 15 is 0 Å². The van der Waals surface area contributed by atoms with Crippen molar-refractivity contribution in [3.05, 3.63) is 51.4 Å². The highest BCUT2D eigenvalue weighted by atomic mass is 32.1. The molecule has 1 unspecified atom stereocenters. The first kappa shape index (κ1) is 22.5. The number of hydrogen-bond donors (Lipinski definition) is 3. The summed E-state index contributed by atoms with van der Waals surface area (Å²) in [6.07, 6.45) is 2.05. The predicted molar refractivity (Wildman–Crippen MR) is 125 cm³/mol. The number of carbonyl (C=O) groups is 3. The average molecular weight is 485 g/mol. The minimum atomic E-state index is -0.471. The van der Waals surface area contributed by atoms with E-state index in [1.807, 2.05) is 7.05 Å². The summed E-state index contributed by atoms with van der Waals surface area (Å²) in [6, 6.07) is 5.02. The van der Waals surface area contributed by atoms with Crippen LogP contribution in [0.4, 0.5) is 4.39 Å². The Kier molecular flexibility index (Phi) is 6.05. The van der Waals surface area contributed by atoms with Crippen molar-refractivity contribution >= 4 is 40.5 Å². The first-order valence-corrected chi connectivity index (χ1v) is 12.0. The van der Waals surface area contributed by atoms with Crippen LogP contribution in [0.25, 0.3) is 10.9 Å². The molecule has 4 heterocycles. The first-order chi connectivity index (χ1) is 16.4. The van der Waals surface area contributed by atoms with Gasteiger partial charge in [0.05, 0.1) is 17.8 Å². The number of nitrogens with zero attached hydrogens (tertiary/aromatic N) is 3. The second-order valence-electron chi connectivity index (χ2n) is 8.84. The maximum Gasteiger partial charge on any atom is 0.280 e. The molecule has 3 amide bonds. The zero-order valence-corrected chi connectivity index (χ0v) is 19.5. The molecule has 1 fully saturated rings. The Hall–Kier alpha value is -3.31. The van der Waals surface area contributed by atoms with Gasteiger partial charge in [0.1, 0.15) is 11.5 Å². The van der Waals surface area contributed by atoms with E-state index in [1.54, 1.807) is 17.0 Å². The fourth-order valence-corrected chi connectivity index (χ4v) is 5.61. The van der Waals surface area contributed by atoms with Gasteiger partial charge in [-0.05, 0) is 37.7 Å². The van der Waals surface area contributed by atoms with Gasteiger partial charge in [-0.2, -0.15) is 0 Å². The maximum absolute atomic E-state index is 13.5. The Balaban J connectivity index is 1.31. The summed E-state index contributed by atoms with van der Waals surface area (Å²) in [6.45, 7) is 2.43. The molecular formula is C23H25FN6O3S. The lowest BCUT2D eigenvalue weighted by Crippen LogP contribution is -2.60. The zero-order chi connectivity index (χ0) is 23.8. The Bertz CT molecular complexity index is 1260. The lowest BCUT2D eigenvalue weighted by atomic mass is 9.99. The Morgan fingerprint density at radius 1 is 1.21 bits per heavy atom. The van der Waals surface area contributed by atoms with Gasteiger partial charge in [0, 0.05) is 48.4 Å². The SMILES string of the molecule is CN1CCc2nc(C(=O)N[C@@H]3CN(C=O)CCC3NC(=O)c3cc4cc(F)ccc4[nH]3)sc2C1. The standard InChI is InChI=1S/C23H25FN6O3S/c1-29-6-4-17-20(11-29)34-23(28-17)22(33)27-19-10-30(12-31)7-5-16(19)26-21(32)18-9-13-8-14(24)2-3-15(13)25-18/h2-3,8-9,12,16,19,25H,4-7,10-11H2,1H3,(H,26,32)(H,27,33)/t16?,19-/m1/s1. The van der Waals surface area contributed by atoms with Gasteiger partial charge in [-0.3, -0.25) is 14.4 Å². The fourth-order valence-electron chi connectivity index (χ4n) is 4.51. The van der Waals surface area contributed by atoms with Gasteiger partial charge in [-0.25, -0.2) is 9.37 Å². The number of carbonyl (C=O) groups excluding carboxylic acids is 3. The van der Waals surface area contributed by atoms with Gasteiger partial charge in [-0.1, -0.05) is 0 Å². The number of hydrogen-bond acceptors (Lipinski definition) is 6. The minimum Gasteiger partial charge on any atom is -0.351 e. The fraction of sp³-hybridized carbons (Fsp3) is 0.391. The molecule has 0 aliphatic carbocycles. The second kappa shape index (κ2) is 9.15. The third-order valence-corrected chi connectivity index (χ3v) is 7.45. The van der Waals surface area contributed by atoms with Crippen molar-refractivity contribution in [3.8, 4) is 0 Å². The van der Waals surface area contributed by atoms with Crippen molar-refractivity contribution < 1.29 is 18.8 Å². The van der Waals surface area contributed by atoms with Crippen LogP contribution >= 0.6 is 11.3 Å². The molecule has 1 aromatic carbocycles. The number of H-pyrrole nitrogens is 1. The Labute approximate surface area is 199 Å². The lowest BCUT2D eigenvalue weighted by Gasteiger charge is -2.37. The van der Waals surface area contributed by atoms with Crippen molar-refractivity contribution in [1.29, 1.82) is 0 Å². The molecule has 0 saturated carbocycles. The van der Waals surface area contributed by atoms with Crippen molar-refractivity contribution in [2.24, 2.45) is 0 Å².